The van der Waals surface area contributed by atoms with Crippen molar-refractivity contribution in [2.45, 2.75) is 46.4 Å². The van der Waals surface area contributed by atoms with Gasteiger partial charge in [0.05, 0.1) is 13.1 Å². The molecule has 0 bridgehead atoms. The van der Waals surface area contributed by atoms with Crippen LogP contribution < -0.4 is 15.4 Å². The molecular weight excluding hydrogens is 517 g/mol. The summed E-state index contributed by atoms with van der Waals surface area (Å²) in [6, 6.07) is 4.49. The molecule has 0 aliphatic carbocycles. The summed E-state index contributed by atoms with van der Waals surface area (Å²) in [5, 5.41) is 15.0. The van der Waals surface area contributed by atoms with Crippen LogP contribution in [-0.2, 0) is 20.1 Å². The van der Waals surface area contributed by atoms with Gasteiger partial charge in [-0.2, -0.15) is 8.78 Å². The van der Waals surface area contributed by atoms with E-state index in [1.165, 1.54) is 12.1 Å². The van der Waals surface area contributed by atoms with Crippen LogP contribution in [0.3, 0.4) is 0 Å². The number of nitrogens with zero attached hydrogens (tertiary/aromatic N) is 4. The van der Waals surface area contributed by atoms with E-state index in [-0.39, 0.29) is 36.3 Å². The molecule has 1 heterocycles. The van der Waals surface area contributed by atoms with Crippen molar-refractivity contribution in [3.63, 3.8) is 0 Å². The summed E-state index contributed by atoms with van der Waals surface area (Å²) >= 11 is 5.99. The quantitative estimate of drug-likeness (QED) is 0.217. The molecule has 0 radical (unpaired) electrons. The average molecular weight is 543 g/mol. The summed E-state index contributed by atoms with van der Waals surface area (Å²) in [7, 11) is 1.88. The lowest BCUT2D eigenvalue weighted by molar-refractivity contribution is -0.0504. The van der Waals surface area contributed by atoms with Crippen molar-refractivity contribution in [1.29, 1.82) is 0 Å². The molecule has 0 spiro atoms. The third kappa shape index (κ3) is 8.29. The smallest absolute Gasteiger partial charge is 0.387 e. The molecule has 7 nitrogen and oxygen atoms in total. The standard InChI is InChI=1S/C18H25ClF2N6O.HI/c1-4-5-8-22-18(24-11-16-26-25-12(2)27(16)3)23-10-13-9-14(19)6-7-15(13)28-17(20)21;/h6-7,9,17H,4-5,8,10-11H2,1-3H3,(H2,22,23,24);1H. The first-order valence-electron chi connectivity index (χ1n) is 9.01. The summed E-state index contributed by atoms with van der Waals surface area (Å²) in [6.07, 6.45) is 2.00. The molecule has 0 aliphatic rings. The number of rotatable bonds is 9. The molecule has 2 aromatic rings. The lowest BCUT2D eigenvalue weighted by Gasteiger charge is -2.13. The van der Waals surface area contributed by atoms with Crippen molar-refractivity contribution in [2.75, 3.05) is 6.54 Å². The van der Waals surface area contributed by atoms with Crippen molar-refractivity contribution < 1.29 is 13.5 Å². The van der Waals surface area contributed by atoms with Crippen LogP contribution >= 0.6 is 35.6 Å². The zero-order valence-electron chi connectivity index (χ0n) is 16.6. The number of halogens is 4. The number of hydrogen-bond acceptors (Lipinski definition) is 4. The van der Waals surface area contributed by atoms with Crippen molar-refractivity contribution in [3.8, 4) is 5.75 Å². The van der Waals surface area contributed by atoms with E-state index < -0.39 is 6.61 Å². The van der Waals surface area contributed by atoms with Gasteiger partial charge in [-0.15, -0.1) is 34.2 Å². The summed E-state index contributed by atoms with van der Waals surface area (Å²) < 4.78 is 31.7. The molecule has 2 N–H and O–H groups in total. The number of guanidine groups is 1. The first-order chi connectivity index (χ1) is 13.4. The minimum atomic E-state index is -2.91. The molecule has 0 saturated heterocycles. The second kappa shape index (κ2) is 12.8. The number of aliphatic imine (C=N–C) groups is 1. The third-order valence-electron chi connectivity index (χ3n) is 4.07. The van der Waals surface area contributed by atoms with E-state index in [4.69, 9.17) is 11.6 Å². The minimum absolute atomic E-state index is 0. The van der Waals surface area contributed by atoms with E-state index in [9.17, 15) is 8.78 Å². The monoisotopic (exact) mass is 542 g/mol. The Labute approximate surface area is 191 Å². The summed E-state index contributed by atoms with van der Waals surface area (Å²) in [6.45, 7) is 2.33. The Morgan fingerprint density at radius 3 is 2.69 bits per heavy atom. The van der Waals surface area contributed by atoms with Gasteiger partial charge in [-0.3, -0.25) is 0 Å². The molecule has 11 heteroatoms. The number of unbranched alkanes of at least 4 members (excludes halogenated alkanes) is 1. The van der Waals surface area contributed by atoms with Crippen LogP contribution in [0.15, 0.2) is 23.2 Å². The van der Waals surface area contributed by atoms with Gasteiger partial charge in [-0.25, -0.2) is 4.99 Å². The number of hydrogen-bond donors (Lipinski definition) is 2. The van der Waals surface area contributed by atoms with Crippen molar-refractivity contribution in [3.05, 3.63) is 40.4 Å². The molecule has 0 fully saturated rings. The van der Waals surface area contributed by atoms with E-state index in [1.807, 2.05) is 18.5 Å². The topological polar surface area (TPSA) is 76.4 Å². The molecule has 0 atom stereocenters. The highest BCUT2D eigenvalue weighted by molar-refractivity contribution is 14.0. The maximum Gasteiger partial charge on any atom is 0.387 e. The first kappa shape index (κ1) is 25.3. The van der Waals surface area contributed by atoms with Crippen LogP contribution in [-0.4, -0.2) is 33.9 Å². The van der Waals surface area contributed by atoms with Crippen molar-refractivity contribution >= 4 is 41.5 Å². The molecule has 0 amide bonds. The highest BCUT2D eigenvalue weighted by Crippen LogP contribution is 2.25. The van der Waals surface area contributed by atoms with Gasteiger partial charge in [-0.1, -0.05) is 24.9 Å². The predicted octanol–water partition coefficient (Wildman–Crippen LogP) is 4.03. The van der Waals surface area contributed by atoms with Gasteiger partial charge in [-0.05, 0) is 31.5 Å². The van der Waals surface area contributed by atoms with Gasteiger partial charge in [0, 0.05) is 24.2 Å². The van der Waals surface area contributed by atoms with Crippen LogP contribution in [0.2, 0.25) is 5.02 Å². The molecule has 0 saturated carbocycles. The largest absolute Gasteiger partial charge is 0.434 e. The zero-order valence-corrected chi connectivity index (χ0v) is 19.7. The lowest BCUT2D eigenvalue weighted by atomic mass is 10.2. The highest BCUT2D eigenvalue weighted by Gasteiger charge is 2.11. The molecule has 0 unspecified atom stereocenters. The second-order valence-corrected chi connectivity index (χ2v) is 6.59. The molecule has 1 aromatic carbocycles. The fourth-order valence-corrected chi connectivity index (χ4v) is 2.57. The van der Waals surface area contributed by atoms with Crippen LogP contribution in [0.1, 0.15) is 37.0 Å². The van der Waals surface area contributed by atoms with E-state index in [1.54, 1.807) is 6.07 Å². The van der Waals surface area contributed by atoms with E-state index in [0.717, 1.165) is 31.0 Å². The summed E-state index contributed by atoms with van der Waals surface area (Å²) in [5.41, 5.74) is 0.471. The van der Waals surface area contributed by atoms with Crippen molar-refractivity contribution in [2.24, 2.45) is 12.0 Å². The Morgan fingerprint density at radius 1 is 1.31 bits per heavy atom. The van der Waals surface area contributed by atoms with E-state index in [2.05, 4.69) is 37.5 Å². The van der Waals surface area contributed by atoms with Crippen LogP contribution in [0, 0.1) is 6.92 Å². The second-order valence-electron chi connectivity index (χ2n) is 6.15. The number of benzene rings is 1. The SMILES string of the molecule is CCCCNC(=NCc1cc(Cl)ccc1OC(F)F)NCc1nnc(C)n1C.I. The maximum atomic E-state index is 12.6. The van der Waals surface area contributed by atoms with Gasteiger partial charge in [0.2, 0.25) is 0 Å². The van der Waals surface area contributed by atoms with Crippen LogP contribution in [0.25, 0.3) is 0 Å². The predicted molar refractivity (Wildman–Crippen MR) is 120 cm³/mol. The van der Waals surface area contributed by atoms with Gasteiger partial charge in [0.25, 0.3) is 0 Å². The number of alkyl halides is 2. The van der Waals surface area contributed by atoms with Crippen LogP contribution in [0.4, 0.5) is 8.78 Å². The molecule has 2 rings (SSSR count). The lowest BCUT2D eigenvalue weighted by Crippen LogP contribution is -2.38. The fraction of sp³-hybridized carbons (Fsp3) is 0.500. The van der Waals surface area contributed by atoms with Crippen LogP contribution in [0.5, 0.6) is 5.75 Å². The molecule has 162 valence electrons. The Morgan fingerprint density at radius 2 is 2.07 bits per heavy atom. The Bertz CT molecular complexity index is 803. The van der Waals surface area contributed by atoms with E-state index in [0.29, 0.717) is 23.1 Å². The number of aromatic nitrogens is 3. The van der Waals surface area contributed by atoms with Gasteiger partial charge >= 0.3 is 6.61 Å². The fourth-order valence-electron chi connectivity index (χ4n) is 2.37. The molecule has 29 heavy (non-hydrogen) atoms. The normalized spacial score (nSPS) is 11.3. The average Bonchev–Trinajstić information content (AvgIpc) is 2.97. The van der Waals surface area contributed by atoms with Gasteiger partial charge < -0.3 is 19.9 Å². The third-order valence-corrected chi connectivity index (χ3v) is 4.30. The number of aryl methyl sites for hydroxylation is 1. The van der Waals surface area contributed by atoms with E-state index >= 15 is 0 Å². The zero-order chi connectivity index (χ0) is 20.5. The summed E-state index contributed by atoms with van der Waals surface area (Å²) in [5.74, 6) is 2.16. The molecular formula is C18H26ClF2IN6O. The van der Waals surface area contributed by atoms with Gasteiger partial charge in [0.1, 0.15) is 11.6 Å². The highest BCUT2D eigenvalue weighted by atomic mass is 127. The first-order valence-corrected chi connectivity index (χ1v) is 9.38. The Hall–Kier alpha value is -1.69. The summed E-state index contributed by atoms with van der Waals surface area (Å²) in [4.78, 5) is 4.48. The molecule has 1 aromatic heterocycles. The molecule has 0 aliphatic heterocycles. The minimum Gasteiger partial charge on any atom is -0.434 e. The number of ether oxygens (including phenoxy) is 1. The number of nitrogens with one attached hydrogen (secondary N) is 2. The van der Waals surface area contributed by atoms with Gasteiger partial charge in [0.15, 0.2) is 11.8 Å². The van der Waals surface area contributed by atoms with Crippen molar-refractivity contribution in [1.82, 2.24) is 25.4 Å². The Kier molecular flexibility index (Phi) is 11.2. The maximum absolute atomic E-state index is 12.6. The Balaban J connectivity index is 0.00000420.